The first-order valence-corrected chi connectivity index (χ1v) is 12.6. The lowest BCUT2D eigenvalue weighted by molar-refractivity contribution is 0.174. The number of nitrogens with one attached hydrogen (secondary N) is 2. The number of hydrogen-bond donors (Lipinski definition) is 2. The van der Waals surface area contributed by atoms with Gasteiger partial charge in [-0.15, -0.1) is 0 Å². The van der Waals surface area contributed by atoms with Crippen LogP contribution < -0.4 is 20.3 Å². The minimum atomic E-state index is -0.102. The summed E-state index contributed by atoms with van der Waals surface area (Å²) in [5.74, 6) is 1.47. The average Bonchev–Trinajstić information content (AvgIpc) is 3.37. The van der Waals surface area contributed by atoms with E-state index in [0.29, 0.717) is 30.3 Å². The largest absolute Gasteiger partial charge is 0.454 e. The summed E-state index contributed by atoms with van der Waals surface area (Å²) in [6.45, 7) is 3.97. The molecule has 0 unspecified atom stereocenters. The predicted molar refractivity (Wildman–Crippen MR) is 147 cm³/mol. The summed E-state index contributed by atoms with van der Waals surface area (Å²) in [5, 5.41) is 5.01. The predicted octanol–water partition coefficient (Wildman–Crippen LogP) is 4.94. The lowest BCUT2D eigenvalue weighted by Gasteiger charge is -2.26. The van der Waals surface area contributed by atoms with Crippen LogP contribution in [0.1, 0.15) is 29.2 Å². The van der Waals surface area contributed by atoms with E-state index in [4.69, 9.17) is 21.7 Å². The number of rotatable bonds is 8. The highest BCUT2D eigenvalue weighted by Crippen LogP contribution is 2.33. The molecule has 2 heterocycles. The van der Waals surface area contributed by atoms with Crippen molar-refractivity contribution in [3.05, 3.63) is 105 Å². The first-order valence-electron chi connectivity index (χ1n) is 12.2. The second-order valence-electron chi connectivity index (χ2n) is 8.91. The van der Waals surface area contributed by atoms with Crippen molar-refractivity contribution in [3.63, 3.8) is 0 Å². The van der Waals surface area contributed by atoms with Crippen molar-refractivity contribution in [3.8, 4) is 11.5 Å². The van der Waals surface area contributed by atoms with E-state index < -0.39 is 0 Å². The third-order valence-electron chi connectivity index (χ3n) is 6.39. The monoisotopic (exact) mass is 499 g/mol. The standard InChI is InChI=1S/C29H29N3O3S/c1-2-20-8-10-25-23(14-20)16-24(28(33)31-25)18-32(17-22-9-11-26-27(15-22)35-19-34-26)29(36)30-13-12-21-6-4-3-5-7-21/h3-11,14-16H,2,12-13,17-19H2,1H3,(H,30,36)(H,31,33). The Labute approximate surface area is 215 Å². The molecule has 0 spiro atoms. The molecule has 1 aliphatic heterocycles. The molecular formula is C29H29N3O3S. The zero-order valence-corrected chi connectivity index (χ0v) is 21.1. The topological polar surface area (TPSA) is 66.6 Å². The van der Waals surface area contributed by atoms with Gasteiger partial charge in [-0.2, -0.15) is 0 Å². The van der Waals surface area contributed by atoms with Crippen LogP contribution in [0.25, 0.3) is 10.9 Å². The molecule has 0 fully saturated rings. The zero-order valence-electron chi connectivity index (χ0n) is 20.3. The second-order valence-corrected chi connectivity index (χ2v) is 9.30. The Bertz CT molecular complexity index is 1440. The molecule has 0 radical (unpaired) electrons. The van der Waals surface area contributed by atoms with Gasteiger partial charge in [0.05, 0.1) is 6.54 Å². The number of aromatic nitrogens is 1. The van der Waals surface area contributed by atoms with E-state index in [0.717, 1.165) is 40.8 Å². The molecule has 2 N–H and O–H groups in total. The van der Waals surface area contributed by atoms with Crippen molar-refractivity contribution in [1.29, 1.82) is 0 Å². The van der Waals surface area contributed by atoms with E-state index >= 15 is 0 Å². The van der Waals surface area contributed by atoms with Crippen molar-refractivity contribution in [2.24, 2.45) is 0 Å². The Kier molecular flexibility index (Phi) is 7.18. The maximum atomic E-state index is 13.0. The number of thiocarbonyl (C=S) groups is 1. The summed E-state index contributed by atoms with van der Waals surface area (Å²) in [6, 6.07) is 24.3. The van der Waals surface area contributed by atoms with Crippen molar-refractivity contribution < 1.29 is 9.47 Å². The molecule has 0 saturated carbocycles. The number of aromatic amines is 1. The van der Waals surface area contributed by atoms with E-state index in [1.54, 1.807) is 0 Å². The first kappa shape index (κ1) is 23.9. The summed E-state index contributed by atoms with van der Waals surface area (Å²) >= 11 is 5.81. The fourth-order valence-electron chi connectivity index (χ4n) is 4.37. The molecule has 5 rings (SSSR count). The van der Waals surface area contributed by atoms with Crippen LogP contribution in [0.3, 0.4) is 0 Å². The zero-order chi connectivity index (χ0) is 24.9. The third-order valence-corrected chi connectivity index (χ3v) is 6.79. The van der Waals surface area contributed by atoms with E-state index in [1.165, 1.54) is 11.1 Å². The van der Waals surface area contributed by atoms with Gasteiger partial charge in [-0.1, -0.05) is 49.4 Å². The number of hydrogen-bond acceptors (Lipinski definition) is 4. The molecule has 4 aromatic rings. The highest BCUT2D eigenvalue weighted by molar-refractivity contribution is 7.80. The number of H-pyrrole nitrogens is 1. The summed E-state index contributed by atoms with van der Waals surface area (Å²) in [6.07, 6.45) is 1.80. The van der Waals surface area contributed by atoms with E-state index in [-0.39, 0.29) is 12.4 Å². The van der Waals surface area contributed by atoms with Crippen LogP contribution in [0.5, 0.6) is 11.5 Å². The third kappa shape index (κ3) is 5.52. The molecule has 184 valence electrons. The van der Waals surface area contributed by atoms with Gasteiger partial charge in [0.2, 0.25) is 6.79 Å². The highest BCUT2D eigenvalue weighted by atomic mass is 32.1. The maximum Gasteiger partial charge on any atom is 0.253 e. The fourth-order valence-corrected chi connectivity index (χ4v) is 4.60. The fraction of sp³-hybridized carbons (Fsp3) is 0.241. The molecule has 36 heavy (non-hydrogen) atoms. The molecule has 0 atom stereocenters. The summed E-state index contributed by atoms with van der Waals surface area (Å²) < 4.78 is 11.0. The van der Waals surface area contributed by atoms with E-state index in [2.05, 4.69) is 41.5 Å². The molecular weight excluding hydrogens is 470 g/mol. The normalized spacial score (nSPS) is 12.0. The summed E-state index contributed by atoms with van der Waals surface area (Å²) in [5.41, 5.74) is 4.91. The molecule has 0 bridgehead atoms. The maximum absolute atomic E-state index is 13.0. The number of aryl methyl sites for hydroxylation is 1. The van der Waals surface area contributed by atoms with E-state index in [1.807, 2.05) is 53.4 Å². The summed E-state index contributed by atoms with van der Waals surface area (Å²) in [7, 11) is 0. The van der Waals surface area contributed by atoms with Crippen LogP contribution in [-0.2, 0) is 25.9 Å². The van der Waals surface area contributed by atoms with Gasteiger partial charge < -0.3 is 24.7 Å². The Hall–Kier alpha value is -3.84. The lowest BCUT2D eigenvalue weighted by Crippen LogP contribution is -2.40. The van der Waals surface area contributed by atoms with Crippen molar-refractivity contribution in [2.75, 3.05) is 13.3 Å². The van der Waals surface area contributed by atoms with Gasteiger partial charge in [0.1, 0.15) is 0 Å². The first-order chi connectivity index (χ1) is 17.6. The van der Waals surface area contributed by atoms with Crippen LogP contribution in [0.4, 0.5) is 0 Å². The van der Waals surface area contributed by atoms with Gasteiger partial charge in [0, 0.05) is 24.2 Å². The van der Waals surface area contributed by atoms with Crippen LogP contribution >= 0.6 is 12.2 Å². The van der Waals surface area contributed by atoms with Crippen LogP contribution in [0.2, 0.25) is 0 Å². The van der Waals surface area contributed by atoms with Crippen molar-refractivity contribution in [1.82, 2.24) is 15.2 Å². The van der Waals surface area contributed by atoms with Gasteiger partial charge in [-0.05, 0) is 77.5 Å². The molecule has 6 nitrogen and oxygen atoms in total. The van der Waals surface area contributed by atoms with Gasteiger partial charge in [0.15, 0.2) is 16.6 Å². The summed E-state index contributed by atoms with van der Waals surface area (Å²) in [4.78, 5) is 18.0. The molecule has 0 aliphatic carbocycles. The van der Waals surface area contributed by atoms with Crippen LogP contribution in [0, 0.1) is 0 Å². The van der Waals surface area contributed by atoms with Gasteiger partial charge >= 0.3 is 0 Å². The number of fused-ring (bicyclic) bond motifs is 2. The highest BCUT2D eigenvalue weighted by Gasteiger charge is 2.18. The Morgan fingerprint density at radius 3 is 2.58 bits per heavy atom. The number of ether oxygens (including phenoxy) is 2. The van der Waals surface area contributed by atoms with E-state index in [9.17, 15) is 4.79 Å². The minimum Gasteiger partial charge on any atom is -0.454 e. The molecule has 0 amide bonds. The molecule has 3 aromatic carbocycles. The van der Waals surface area contributed by atoms with Crippen molar-refractivity contribution >= 4 is 28.2 Å². The SMILES string of the molecule is CCc1ccc2[nH]c(=O)c(CN(Cc3ccc4c(c3)OCO4)C(=S)NCCc3ccccc3)cc2c1. The second kappa shape index (κ2) is 10.8. The minimum absolute atomic E-state index is 0.102. The lowest BCUT2D eigenvalue weighted by atomic mass is 10.1. The molecule has 0 saturated heterocycles. The molecule has 1 aromatic heterocycles. The quantitative estimate of drug-likeness (QED) is 0.335. The average molecular weight is 500 g/mol. The molecule has 7 heteroatoms. The molecule has 1 aliphatic rings. The number of pyridine rings is 1. The van der Waals surface area contributed by atoms with Gasteiger partial charge in [-0.25, -0.2) is 0 Å². The Morgan fingerprint density at radius 2 is 1.75 bits per heavy atom. The Morgan fingerprint density at radius 1 is 0.944 bits per heavy atom. The smallest absolute Gasteiger partial charge is 0.253 e. The van der Waals surface area contributed by atoms with Gasteiger partial charge in [0.25, 0.3) is 5.56 Å². The number of nitrogens with zero attached hydrogens (tertiary/aromatic N) is 1. The van der Waals surface area contributed by atoms with Gasteiger partial charge in [-0.3, -0.25) is 4.79 Å². The van der Waals surface area contributed by atoms with Crippen LogP contribution in [0.15, 0.2) is 77.6 Å². The van der Waals surface area contributed by atoms with Crippen molar-refractivity contribution in [2.45, 2.75) is 32.9 Å². The Balaban J connectivity index is 1.38. The van der Waals surface area contributed by atoms with Crippen LogP contribution in [-0.4, -0.2) is 28.3 Å². The number of benzene rings is 3.